The molecule has 150 valence electrons. The summed E-state index contributed by atoms with van der Waals surface area (Å²) in [6.45, 7) is 6.18. The number of rotatable bonds is 6. The third-order valence-electron chi connectivity index (χ3n) is 6.24. The topological polar surface area (TPSA) is 41.6 Å². The van der Waals surface area contributed by atoms with Crippen LogP contribution >= 0.6 is 0 Å². The number of ether oxygens (including phenoxy) is 1. The number of likely N-dealkylation sites (tertiary alicyclic amines) is 1. The molecule has 4 rings (SSSR count). The van der Waals surface area contributed by atoms with Crippen LogP contribution in [0.1, 0.15) is 31.2 Å². The van der Waals surface area contributed by atoms with Crippen LogP contribution in [0.4, 0.5) is 0 Å². The van der Waals surface area contributed by atoms with Gasteiger partial charge in [-0.25, -0.2) is 0 Å². The standard InChI is InChI=1S/C24H32N2O2/c27-24(15-20-7-8-22-5-1-2-6-23(22)14-20)25-16-19-9-11-26(12-10-19)17-21-4-3-13-28-18-21/h1-2,5-8,14,19,21H,3-4,9-13,15-18H2,(H,25,27). The summed E-state index contributed by atoms with van der Waals surface area (Å²) in [4.78, 5) is 15.0. The molecule has 2 saturated heterocycles. The molecule has 1 N–H and O–H groups in total. The smallest absolute Gasteiger partial charge is 0.224 e. The zero-order chi connectivity index (χ0) is 19.2. The summed E-state index contributed by atoms with van der Waals surface area (Å²) in [5.41, 5.74) is 1.08. The lowest BCUT2D eigenvalue weighted by molar-refractivity contribution is -0.120. The van der Waals surface area contributed by atoms with Crippen molar-refractivity contribution in [1.82, 2.24) is 10.2 Å². The van der Waals surface area contributed by atoms with Crippen molar-refractivity contribution in [3.05, 3.63) is 48.0 Å². The highest BCUT2D eigenvalue weighted by Gasteiger charge is 2.23. The second kappa shape index (κ2) is 9.53. The Balaban J connectivity index is 1.18. The van der Waals surface area contributed by atoms with Gasteiger partial charge in [-0.2, -0.15) is 0 Å². The predicted octanol–water partition coefficient (Wildman–Crippen LogP) is 3.64. The van der Waals surface area contributed by atoms with Crippen LogP contribution in [0.3, 0.4) is 0 Å². The molecular formula is C24H32N2O2. The number of fused-ring (bicyclic) bond motifs is 1. The van der Waals surface area contributed by atoms with Crippen molar-refractivity contribution in [3.8, 4) is 0 Å². The molecule has 2 heterocycles. The first-order valence-electron chi connectivity index (χ1n) is 10.8. The fourth-order valence-corrected chi connectivity index (χ4v) is 4.54. The molecule has 1 unspecified atom stereocenters. The van der Waals surface area contributed by atoms with Gasteiger partial charge in [-0.3, -0.25) is 4.79 Å². The SMILES string of the molecule is O=C(Cc1ccc2ccccc2c1)NCC1CCN(CC2CCCOC2)CC1. The van der Waals surface area contributed by atoms with E-state index >= 15 is 0 Å². The number of nitrogens with one attached hydrogen (secondary N) is 1. The summed E-state index contributed by atoms with van der Waals surface area (Å²) in [6.07, 6.45) is 5.36. The summed E-state index contributed by atoms with van der Waals surface area (Å²) in [6, 6.07) is 14.6. The lowest BCUT2D eigenvalue weighted by atomic mass is 9.94. The van der Waals surface area contributed by atoms with Crippen LogP contribution in [-0.4, -0.2) is 50.2 Å². The quantitative estimate of drug-likeness (QED) is 0.832. The number of amides is 1. The van der Waals surface area contributed by atoms with Crippen LogP contribution < -0.4 is 5.32 Å². The first kappa shape index (κ1) is 19.4. The van der Waals surface area contributed by atoms with Crippen molar-refractivity contribution in [3.63, 3.8) is 0 Å². The molecule has 0 aliphatic carbocycles. The van der Waals surface area contributed by atoms with Gasteiger partial charge in [-0.1, -0.05) is 42.5 Å². The molecule has 4 heteroatoms. The maximum Gasteiger partial charge on any atom is 0.224 e. The van der Waals surface area contributed by atoms with Gasteiger partial charge in [0.15, 0.2) is 0 Å². The van der Waals surface area contributed by atoms with Gasteiger partial charge >= 0.3 is 0 Å². The fourth-order valence-electron chi connectivity index (χ4n) is 4.54. The number of carbonyl (C=O) groups excluding carboxylic acids is 1. The molecule has 0 radical (unpaired) electrons. The monoisotopic (exact) mass is 380 g/mol. The van der Waals surface area contributed by atoms with Gasteiger partial charge in [0.2, 0.25) is 5.91 Å². The van der Waals surface area contributed by atoms with Crippen molar-refractivity contribution >= 4 is 16.7 Å². The molecule has 2 fully saturated rings. The maximum atomic E-state index is 12.4. The summed E-state index contributed by atoms with van der Waals surface area (Å²) in [5.74, 6) is 1.46. The van der Waals surface area contributed by atoms with Crippen LogP contribution in [0.15, 0.2) is 42.5 Å². The molecule has 0 aromatic heterocycles. The first-order chi connectivity index (χ1) is 13.8. The number of hydrogen-bond donors (Lipinski definition) is 1. The van der Waals surface area contributed by atoms with Crippen molar-refractivity contribution in [2.75, 3.05) is 39.4 Å². The minimum absolute atomic E-state index is 0.136. The van der Waals surface area contributed by atoms with E-state index in [4.69, 9.17) is 4.74 Å². The van der Waals surface area contributed by atoms with Crippen LogP contribution in [0.25, 0.3) is 10.8 Å². The largest absolute Gasteiger partial charge is 0.381 e. The zero-order valence-electron chi connectivity index (χ0n) is 16.7. The first-order valence-corrected chi connectivity index (χ1v) is 10.8. The van der Waals surface area contributed by atoms with Crippen molar-refractivity contribution in [2.24, 2.45) is 11.8 Å². The molecule has 1 amide bonds. The minimum atomic E-state index is 0.136. The third kappa shape index (κ3) is 5.33. The molecule has 2 aliphatic heterocycles. The minimum Gasteiger partial charge on any atom is -0.381 e. The average molecular weight is 381 g/mol. The summed E-state index contributed by atoms with van der Waals surface area (Å²) < 4.78 is 5.61. The van der Waals surface area contributed by atoms with E-state index in [9.17, 15) is 4.79 Å². The van der Waals surface area contributed by atoms with Crippen LogP contribution in [0.5, 0.6) is 0 Å². The lowest BCUT2D eigenvalue weighted by Gasteiger charge is -2.35. The van der Waals surface area contributed by atoms with Crippen molar-refractivity contribution in [1.29, 1.82) is 0 Å². The summed E-state index contributed by atoms with van der Waals surface area (Å²) in [5, 5.41) is 5.59. The molecule has 2 aliphatic rings. The lowest BCUT2D eigenvalue weighted by Crippen LogP contribution is -2.41. The highest BCUT2D eigenvalue weighted by Crippen LogP contribution is 2.21. The van der Waals surface area contributed by atoms with Crippen LogP contribution in [-0.2, 0) is 16.0 Å². The van der Waals surface area contributed by atoms with E-state index in [-0.39, 0.29) is 5.91 Å². The highest BCUT2D eigenvalue weighted by molar-refractivity contribution is 5.85. The Morgan fingerprint density at radius 2 is 1.86 bits per heavy atom. The van der Waals surface area contributed by atoms with Gasteiger partial charge in [0, 0.05) is 19.7 Å². The molecule has 2 aromatic rings. The van der Waals surface area contributed by atoms with Gasteiger partial charge in [0.05, 0.1) is 13.0 Å². The molecule has 0 saturated carbocycles. The van der Waals surface area contributed by atoms with Gasteiger partial charge < -0.3 is 15.0 Å². The highest BCUT2D eigenvalue weighted by atomic mass is 16.5. The van der Waals surface area contributed by atoms with Gasteiger partial charge in [0.25, 0.3) is 0 Å². The number of piperidine rings is 1. The Labute approximate surface area is 168 Å². The predicted molar refractivity (Wildman–Crippen MR) is 113 cm³/mol. The number of carbonyl (C=O) groups is 1. The third-order valence-corrected chi connectivity index (χ3v) is 6.24. The number of benzene rings is 2. The summed E-state index contributed by atoms with van der Waals surface area (Å²) in [7, 11) is 0. The Morgan fingerprint density at radius 1 is 1.04 bits per heavy atom. The molecule has 0 bridgehead atoms. The van der Waals surface area contributed by atoms with Gasteiger partial charge in [-0.05, 0) is 66.9 Å². The van der Waals surface area contributed by atoms with E-state index in [0.717, 1.165) is 38.4 Å². The van der Waals surface area contributed by atoms with E-state index in [2.05, 4.69) is 40.5 Å². The zero-order valence-corrected chi connectivity index (χ0v) is 16.7. The number of hydrogen-bond acceptors (Lipinski definition) is 3. The summed E-state index contributed by atoms with van der Waals surface area (Å²) >= 11 is 0. The van der Waals surface area contributed by atoms with E-state index in [1.807, 2.05) is 12.1 Å². The second-order valence-corrected chi connectivity index (χ2v) is 8.49. The van der Waals surface area contributed by atoms with Gasteiger partial charge in [0.1, 0.15) is 0 Å². The Kier molecular flexibility index (Phi) is 6.61. The van der Waals surface area contributed by atoms with E-state index < -0.39 is 0 Å². The average Bonchev–Trinajstić information content (AvgIpc) is 2.74. The molecule has 1 atom stereocenters. The van der Waals surface area contributed by atoms with Crippen molar-refractivity contribution < 1.29 is 9.53 Å². The normalized spacial score (nSPS) is 21.6. The van der Waals surface area contributed by atoms with Crippen LogP contribution in [0, 0.1) is 11.8 Å². The van der Waals surface area contributed by atoms with E-state index in [1.165, 1.54) is 43.0 Å². The van der Waals surface area contributed by atoms with E-state index in [1.54, 1.807) is 0 Å². The number of nitrogens with zero attached hydrogens (tertiary/aromatic N) is 1. The van der Waals surface area contributed by atoms with E-state index in [0.29, 0.717) is 18.3 Å². The van der Waals surface area contributed by atoms with Crippen LogP contribution in [0.2, 0.25) is 0 Å². The second-order valence-electron chi connectivity index (χ2n) is 8.49. The molecule has 28 heavy (non-hydrogen) atoms. The molecule has 0 spiro atoms. The van der Waals surface area contributed by atoms with Gasteiger partial charge in [-0.15, -0.1) is 0 Å². The Hall–Kier alpha value is -1.91. The Bertz CT molecular complexity index is 777. The molecule has 4 nitrogen and oxygen atoms in total. The Morgan fingerprint density at radius 3 is 2.64 bits per heavy atom. The molecular weight excluding hydrogens is 348 g/mol. The van der Waals surface area contributed by atoms with Crippen molar-refractivity contribution in [2.45, 2.75) is 32.1 Å². The fraction of sp³-hybridized carbons (Fsp3) is 0.542. The maximum absolute atomic E-state index is 12.4. The molecule has 2 aromatic carbocycles.